The fourth-order valence-electron chi connectivity index (χ4n) is 3.17. The molecule has 2 aromatic carbocycles. The van der Waals surface area contributed by atoms with Gasteiger partial charge in [-0.2, -0.15) is 0 Å². The molecule has 0 N–H and O–H groups in total. The van der Waals surface area contributed by atoms with Crippen molar-refractivity contribution in [2.24, 2.45) is 0 Å². The van der Waals surface area contributed by atoms with Gasteiger partial charge in [-0.05, 0) is 49.1 Å². The number of ether oxygens (including phenoxy) is 1. The van der Waals surface area contributed by atoms with Gasteiger partial charge in [0.25, 0.3) is 0 Å². The van der Waals surface area contributed by atoms with Gasteiger partial charge in [0.2, 0.25) is 0 Å². The molecule has 1 aliphatic rings. The molecule has 1 unspecified atom stereocenters. The van der Waals surface area contributed by atoms with Crippen LogP contribution in [0.1, 0.15) is 35.2 Å². The molecule has 0 fully saturated rings. The minimum absolute atomic E-state index is 0.293. The second-order valence-corrected chi connectivity index (χ2v) is 6.09. The third-order valence-electron chi connectivity index (χ3n) is 4.50. The summed E-state index contributed by atoms with van der Waals surface area (Å²) in [7, 11) is 1.41. The first-order valence-corrected chi connectivity index (χ1v) is 8.42. The number of hydrogen-bond donors (Lipinski definition) is 0. The molecule has 124 valence electrons. The molecule has 24 heavy (non-hydrogen) atoms. The first kappa shape index (κ1) is 16.3. The van der Waals surface area contributed by atoms with Crippen LogP contribution in [0.5, 0.6) is 0 Å². The van der Waals surface area contributed by atoms with Crippen LogP contribution >= 0.6 is 0 Å². The molecular formula is C21H23NO2. The first-order valence-electron chi connectivity index (χ1n) is 8.42. The predicted octanol–water partition coefficient (Wildman–Crippen LogP) is 4.59. The van der Waals surface area contributed by atoms with Crippen molar-refractivity contribution in [3.8, 4) is 0 Å². The molecule has 1 aliphatic carbocycles. The van der Waals surface area contributed by atoms with Crippen LogP contribution in [0.3, 0.4) is 0 Å². The molecule has 0 heterocycles. The summed E-state index contributed by atoms with van der Waals surface area (Å²) in [6, 6.07) is 18.8. The molecule has 0 spiro atoms. The quantitative estimate of drug-likeness (QED) is 0.596. The molecule has 3 heteroatoms. The smallest absolute Gasteiger partial charge is 0.337 e. The molecule has 2 aromatic rings. The molecule has 0 saturated heterocycles. The van der Waals surface area contributed by atoms with Crippen molar-refractivity contribution >= 4 is 11.7 Å². The van der Waals surface area contributed by atoms with E-state index in [-0.39, 0.29) is 5.97 Å². The van der Waals surface area contributed by atoms with Gasteiger partial charge in [-0.25, -0.2) is 4.79 Å². The Morgan fingerprint density at radius 1 is 1.08 bits per heavy atom. The van der Waals surface area contributed by atoms with Crippen LogP contribution < -0.4 is 4.90 Å². The average Bonchev–Trinajstić information content (AvgIpc) is 2.67. The largest absolute Gasteiger partial charge is 0.465 e. The van der Waals surface area contributed by atoms with Crippen molar-refractivity contribution in [2.75, 3.05) is 12.0 Å². The zero-order valence-electron chi connectivity index (χ0n) is 14.0. The molecule has 3 nitrogen and oxygen atoms in total. The summed E-state index contributed by atoms with van der Waals surface area (Å²) < 4.78 is 4.76. The number of hydrogen-bond acceptors (Lipinski definition) is 3. The SMILES string of the molecule is COC(=O)c1ccc(CN(c2ccccc2)C2CC=CCC2)cc1. The highest BCUT2D eigenvalue weighted by Gasteiger charge is 2.19. The second-order valence-electron chi connectivity index (χ2n) is 6.09. The number of anilines is 1. The highest BCUT2D eigenvalue weighted by Crippen LogP contribution is 2.26. The Kier molecular flexibility index (Phi) is 5.32. The standard InChI is InChI=1S/C21H23NO2/c1-24-21(23)18-14-12-17(13-15-18)16-22(19-8-4-2-5-9-19)20-10-6-3-7-11-20/h2-6,8-9,12-15,20H,7,10-11,16H2,1H3. The Hall–Kier alpha value is -2.55. The minimum Gasteiger partial charge on any atom is -0.465 e. The number of allylic oxidation sites excluding steroid dienone is 1. The van der Waals surface area contributed by atoms with Gasteiger partial charge in [0, 0.05) is 18.3 Å². The summed E-state index contributed by atoms with van der Waals surface area (Å²) >= 11 is 0. The normalized spacial score (nSPS) is 16.6. The van der Waals surface area contributed by atoms with E-state index in [1.54, 1.807) is 0 Å². The monoisotopic (exact) mass is 321 g/mol. The summed E-state index contributed by atoms with van der Waals surface area (Å²) in [5, 5.41) is 0. The second kappa shape index (κ2) is 7.82. The molecule has 0 amide bonds. The van der Waals surface area contributed by atoms with Gasteiger partial charge < -0.3 is 9.64 Å². The van der Waals surface area contributed by atoms with E-state index in [4.69, 9.17) is 4.74 Å². The van der Waals surface area contributed by atoms with Gasteiger partial charge in [-0.3, -0.25) is 0 Å². The number of carbonyl (C=O) groups excluding carboxylic acids is 1. The Morgan fingerprint density at radius 3 is 2.46 bits per heavy atom. The van der Waals surface area contributed by atoms with E-state index >= 15 is 0 Å². The maximum absolute atomic E-state index is 11.6. The lowest BCUT2D eigenvalue weighted by molar-refractivity contribution is 0.0600. The Bertz CT molecular complexity index is 692. The van der Waals surface area contributed by atoms with Crippen molar-refractivity contribution in [1.82, 2.24) is 0 Å². The molecule has 0 saturated carbocycles. The maximum atomic E-state index is 11.6. The van der Waals surface area contributed by atoms with Crippen molar-refractivity contribution in [1.29, 1.82) is 0 Å². The van der Waals surface area contributed by atoms with E-state index in [0.717, 1.165) is 19.4 Å². The number of nitrogens with zero attached hydrogens (tertiary/aromatic N) is 1. The number of para-hydroxylation sites is 1. The topological polar surface area (TPSA) is 29.5 Å². The number of methoxy groups -OCH3 is 1. The van der Waals surface area contributed by atoms with E-state index in [1.807, 2.05) is 30.3 Å². The lowest BCUT2D eigenvalue weighted by Crippen LogP contribution is -2.35. The van der Waals surface area contributed by atoms with E-state index in [2.05, 4.69) is 41.3 Å². The van der Waals surface area contributed by atoms with E-state index < -0.39 is 0 Å². The van der Waals surface area contributed by atoms with E-state index in [9.17, 15) is 4.79 Å². The fourth-order valence-corrected chi connectivity index (χ4v) is 3.17. The third-order valence-corrected chi connectivity index (χ3v) is 4.50. The minimum atomic E-state index is -0.293. The highest BCUT2D eigenvalue weighted by molar-refractivity contribution is 5.89. The Morgan fingerprint density at radius 2 is 1.83 bits per heavy atom. The Labute approximate surface area is 143 Å². The molecule has 0 aliphatic heterocycles. The van der Waals surface area contributed by atoms with Crippen LogP contribution in [0.2, 0.25) is 0 Å². The first-order chi connectivity index (χ1) is 11.8. The average molecular weight is 321 g/mol. The number of esters is 1. The molecular weight excluding hydrogens is 298 g/mol. The summed E-state index contributed by atoms with van der Waals surface area (Å²) in [5.74, 6) is -0.293. The number of rotatable bonds is 5. The van der Waals surface area contributed by atoms with Crippen LogP contribution in [-0.2, 0) is 11.3 Å². The molecule has 0 bridgehead atoms. The third kappa shape index (κ3) is 3.85. The molecule has 0 aromatic heterocycles. The van der Waals surface area contributed by atoms with Gasteiger partial charge >= 0.3 is 5.97 Å². The van der Waals surface area contributed by atoms with Crippen molar-refractivity contribution in [2.45, 2.75) is 31.8 Å². The lowest BCUT2D eigenvalue weighted by atomic mass is 9.98. The van der Waals surface area contributed by atoms with Gasteiger partial charge in [0.15, 0.2) is 0 Å². The predicted molar refractivity (Wildman–Crippen MR) is 97.2 cm³/mol. The van der Waals surface area contributed by atoms with Crippen LogP contribution in [-0.4, -0.2) is 19.1 Å². The Balaban J connectivity index is 1.81. The van der Waals surface area contributed by atoms with Crippen LogP contribution in [0.15, 0.2) is 66.7 Å². The molecule has 3 rings (SSSR count). The van der Waals surface area contributed by atoms with Crippen LogP contribution in [0.4, 0.5) is 5.69 Å². The fraction of sp³-hybridized carbons (Fsp3) is 0.286. The van der Waals surface area contributed by atoms with Crippen molar-refractivity contribution in [3.63, 3.8) is 0 Å². The van der Waals surface area contributed by atoms with Gasteiger partial charge in [0.05, 0.1) is 12.7 Å². The van der Waals surface area contributed by atoms with Gasteiger partial charge in [0.1, 0.15) is 0 Å². The van der Waals surface area contributed by atoms with Gasteiger partial charge in [-0.1, -0.05) is 42.5 Å². The molecule has 1 atom stereocenters. The number of carbonyl (C=O) groups is 1. The van der Waals surface area contributed by atoms with E-state index in [0.29, 0.717) is 11.6 Å². The summed E-state index contributed by atoms with van der Waals surface area (Å²) in [4.78, 5) is 14.0. The van der Waals surface area contributed by atoms with Crippen LogP contribution in [0.25, 0.3) is 0 Å². The lowest BCUT2D eigenvalue weighted by Gasteiger charge is -2.35. The summed E-state index contributed by atoms with van der Waals surface area (Å²) in [5.41, 5.74) is 3.03. The highest BCUT2D eigenvalue weighted by atomic mass is 16.5. The summed E-state index contributed by atoms with van der Waals surface area (Å²) in [6.07, 6.45) is 7.94. The summed E-state index contributed by atoms with van der Waals surface area (Å²) in [6.45, 7) is 0.837. The zero-order chi connectivity index (χ0) is 16.8. The van der Waals surface area contributed by atoms with E-state index in [1.165, 1.54) is 24.8 Å². The maximum Gasteiger partial charge on any atom is 0.337 e. The van der Waals surface area contributed by atoms with Crippen molar-refractivity contribution in [3.05, 3.63) is 77.9 Å². The van der Waals surface area contributed by atoms with Gasteiger partial charge in [-0.15, -0.1) is 0 Å². The van der Waals surface area contributed by atoms with Crippen molar-refractivity contribution < 1.29 is 9.53 Å². The van der Waals surface area contributed by atoms with Crippen LogP contribution in [0, 0.1) is 0 Å². The zero-order valence-corrected chi connectivity index (χ0v) is 14.0. The number of benzene rings is 2. The molecule has 0 radical (unpaired) electrons.